The van der Waals surface area contributed by atoms with Crippen molar-refractivity contribution in [2.75, 3.05) is 39.3 Å². The summed E-state index contributed by atoms with van der Waals surface area (Å²) in [5.74, 6) is 0.226. The van der Waals surface area contributed by atoms with Crippen LogP contribution in [0, 0.1) is 0 Å². The Morgan fingerprint density at radius 2 is 1.90 bits per heavy atom. The van der Waals surface area contributed by atoms with Crippen LogP contribution in [-0.4, -0.2) is 60.1 Å². The molecule has 110 valence electrons. The number of halogens is 1. The van der Waals surface area contributed by atoms with Gasteiger partial charge in [0.2, 0.25) is 5.91 Å². The average molecular weight is 341 g/mol. The fourth-order valence-corrected chi connectivity index (χ4v) is 2.95. The molecule has 20 heavy (non-hydrogen) atoms. The van der Waals surface area contributed by atoms with E-state index >= 15 is 0 Å². The van der Waals surface area contributed by atoms with Crippen LogP contribution in [0.15, 0.2) is 28.7 Å². The number of β-amino-alcohol motifs (C(OH)–C–C–N with tert-alkyl or cyclic N) is 1. The molecule has 1 aromatic rings. The molecule has 0 atom stereocenters. The summed E-state index contributed by atoms with van der Waals surface area (Å²) >= 11 is 3.51. The van der Waals surface area contributed by atoms with Gasteiger partial charge in [-0.3, -0.25) is 9.69 Å². The Morgan fingerprint density at radius 1 is 1.20 bits per heavy atom. The number of carbonyl (C=O) groups excluding carboxylic acids is 1. The maximum atomic E-state index is 12.2. The van der Waals surface area contributed by atoms with E-state index in [9.17, 15) is 4.79 Å². The van der Waals surface area contributed by atoms with Crippen molar-refractivity contribution in [3.63, 3.8) is 0 Å². The summed E-state index contributed by atoms with van der Waals surface area (Å²) in [6.45, 7) is 4.17. The number of carbonyl (C=O) groups is 1. The molecule has 4 nitrogen and oxygen atoms in total. The maximum absolute atomic E-state index is 12.2. The zero-order chi connectivity index (χ0) is 14.4. The van der Waals surface area contributed by atoms with Crippen molar-refractivity contribution in [2.24, 2.45) is 0 Å². The van der Waals surface area contributed by atoms with Gasteiger partial charge in [0, 0.05) is 43.6 Å². The molecule has 0 saturated carbocycles. The zero-order valence-electron chi connectivity index (χ0n) is 11.6. The molecule has 2 rings (SSSR count). The van der Waals surface area contributed by atoms with Crippen LogP contribution < -0.4 is 0 Å². The van der Waals surface area contributed by atoms with Crippen molar-refractivity contribution in [1.82, 2.24) is 9.80 Å². The van der Waals surface area contributed by atoms with E-state index in [1.807, 2.05) is 23.1 Å². The summed E-state index contributed by atoms with van der Waals surface area (Å²) in [4.78, 5) is 16.3. The molecular weight excluding hydrogens is 320 g/mol. The quantitative estimate of drug-likeness (QED) is 0.883. The molecule has 0 spiro atoms. The number of hydrogen-bond acceptors (Lipinski definition) is 3. The second-order valence-electron chi connectivity index (χ2n) is 5.04. The number of nitrogens with zero attached hydrogens (tertiary/aromatic N) is 2. The van der Waals surface area contributed by atoms with Crippen LogP contribution in [0.2, 0.25) is 0 Å². The van der Waals surface area contributed by atoms with Crippen molar-refractivity contribution >= 4 is 21.8 Å². The van der Waals surface area contributed by atoms with Crippen LogP contribution in [0.1, 0.15) is 12.0 Å². The van der Waals surface area contributed by atoms with Crippen LogP contribution in [0.25, 0.3) is 0 Å². The first-order chi connectivity index (χ1) is 9.70. The Morgan fingerprint density at radius 3 is 2.55 bits per heavy atom. The fourth-order valence-electron chi connectivity index (χ4n) is 2.46. The minimum atomic E-state index is 0.190. The molecule has 1 heterocycles. The van der Waals surface area contributed by atoms with Gasteiger partial charge in [0.05, 0.1) is 6.61 Å². The molecule has 1 aromatic carbocycles. The van der Waals surface area contributed by atoms with E-state index in [0.29, 0.717) is 13.0 Å². The lowest BCUT2D eigenvalue weighted by Crippen LogP contribution is -2.49. The van der Waals surface area contributed by atoms with Crippen molar-refractivity contribution in [3.8, 4) is 0 Å². The first kappa shape index (κ1) is 15.5. The smallest absolute Gasteiger partial charge is 0.222 e. The van der Waals surface area contributed by atoms with Gasteiger partial charge in [-0.2, -0.15) is 0 Å². The fraction of sp³-hybridized carbons (Fsp3) is 0.533. The standard InChI is InChI=1S/C15H21BrN2O2/c16-14-4-2-1-3-13(14)5-6-15(20)18-9-7-17(8-10-18)11-12-19/h1-4,19H,5-12H2. The third kappa shape index (κ3) is 4.30. The number of aryl methyl sites for hydroxylation is 1. The largest absolute Gasteiger partial charge is 0.395 e. The van der Waals surface area contributed by atoms with Gasteiger partial charge in [-0.15, -0.1) is 0 Å². The van der Waals surface area contributed by atoms with Gasteiger partial charge in [0.15, 0.2) is 0 Å². The number of aliphatic hydroxyl groups is 1. The van der Waals surface area contributed by atoms with Crippen molar-refractivity contribution in [3.05, 3.63) is 34.3 Å². The molecule has 0 aliphatic carbocycles. The molecule has 5 heteroatoms. The van der Waals surface area contributed by atoms with Crippen molar-refractivity contribution in [1.29, 1.82) is 0 Å². The topological polar surface area (TPSA) is 43.8 Å². The minimum Gasteiger partial charge on any atom is -0.395 e. The Balaban J connectivity index is 1.77. The molecule has 0 unspecified atom stereocenters. The summed E-state index contributed by atoms with van der Waals surface area (Å²) in [6.07, 6.45) is 1.33. The highest BCUT2D eigenvalue weighted by molar-refractivity contribution is 9.10. The van der Waals surface area contributed by atoms with Crippen LogP contribution in [0.4, 0.5) is 0 Å². The third-order valence-corrected chi connectivity index (χ3v) is 4.48. The summed E-state index contributed by atoms with van der Waals surface area (Å²) in [5.41, 5.74) is 1.18. The number of benzene rings is 1. The maximum Gasteiger partial charge on any atom is 0.222 e. The monoisotopic (exact) mass is 340 g/mol. The first-order valence-electron chi connectivity index (χ1n) is 7.05. The van der Waals surface area contributed by atoms with E-state index in [2.05, 4.69) is 26.9 Å². The molecular formula is C15H21BrN2O2. The number of piperazine rings is 1. The molecule has 0 radical (unpaired) electrons. The third-order valence-electron chi connectivity index (χ3n) is 3.71. The van der Waals surface area contributed by atoms with Crippen LogP contribution >= 0.6 is 15.9 Å². The lowest BCUT2D eigenvalue weighted by molar-refractivity contribution is -0.132. The van der Waals surface area contributed by atoms with E-state index in [-0.39, 0.29) is 12.5 Å². The van der Waals surface area contributed by atoms with Crippen LogP contribution in [-0.2, 0) is 11.2 Å². The molecule has 1 amide bonds. The van der Waals surface area contributed by atoms with Gasteiger partial charge in [-0.05, 0) is 18.1 Å². The number of rotatable bonds is 5. The minimum absolute atomic E-state index is 0.190. The molecule has 1 aliphatic rings. The molecule has 1 aliphatic heterocycles. The van der Waals surface area contributed by atoms with Crippen molar-refractivity contribution < 1.29 is 9.90 Å². The molecule has 1 N–H and O–H groups in total. The Bertz CT molecular complexity index is 445. The van der Waals surface area contributed by atoms with E-state index in [1.54, 1.807) is 0 Å². The Kier molecular flexibility index (Phi) is 6.01. The summed E-state index contributed by atoms with van der Waals surface area (Å²) < 4.78 is 1.07. The first-order valence-corrected chi connectivity index (χ1v) is 7.84. The number of aliphatic hydroxyl groups excluding tert-OH is 1. The highest BCUT2D eigenvalue weighted by Gasteiger charge is 2.20. The normalized spacial score (nSPS) is 16.4. The summed E-state index contributed by atoms with van der Waals surface area (Å²) in [7, 11) is 0. The van der Waals surface area contributed by atoms with Gasteiger partial charge in [-0.25, -0.2) is 0 Å². The highest BCUT2D eigenvalue weighted by atomic mass is 79.9. The summed E-state index contributed by atoms with van der Waals surface area (Å²) in [5, 5.41) is 8.90. The Labute approximate surface area is 128 Å². The lowest BCUT2D eigenvalue weighted by Gasteiger charge is -2.34. The molecule has 0 bridgehead atoms. The van der Waals surface area contributed by atoms with Gasteiger partial charge >= 0.3 is 0 Å². The van der Waals surface area contributed by atoms with Gasteiger partial charge < -0.3 is 10.0 Å². The van der Waals surface area contributed by atoms with E-state index < -0.39 is 0 Å². The highest BCUT2D eigenvalue weighted by Crippen LogP contribution is 2.18. The molecule has 0 aromatic heterocycles. The average Bonchev–Trinajstić information content (AvgIpc) is 2.47. The predicted octanol–water partition coefficient (Wildman–Crippen LogP) is 1.52. The van der Waals surface area contributed by atoms with Gasteiger partial charge in [0.1, 0.15) is 0 Å². The second-order valence-corrected chi connectivity index (χ2v) is 5.89. The van der Waals surface area contributed by atoms with Gasteiger partial charge in [-0.1, -0.05) is 34.1 Å². The van der Waals surface area contributed by atoms with Gasteiger partial charge in [0.25, 0.3) is 0 Å². The van der Waals surface area contributed by atoms with Crippen LogP contribution in [0.5, 0.6) is 0 Å². The Hall–Kier alpha value is -0.910. The van der Waals surface area contributed by atoms with Crippen LogP contribution in [0.3, 0.4) is 0 Å². The predicted molar refractivity (Wildman–Crippen MR) is 82.6 cm³/mol. The SMILES string of the molecule is O=C(CCc1ccccc1Br)N1CCN(CCO)CC1. The van der Waals surface area contributed by atoms with E-state index in [1.165, 1.54) is 5.56 Å². The lowest BCUT2D eigenvalue weighted by atomic mass is 10.1. The summed E-state index contributed by atoms with van der Waals surface area (Å²) in [6, 6.07) is 8.04. The zero-order valence-corrected chi connectivity index (χ0v) is 13.2. The second kappa shape index (κ2) is 7.76. The van der Waals surface area contributed by atoms with E-state index in [4.69, 9.17) is 5.11 Å². The van der Waals surface area contributed by atoms with Crippen molar-refractivity contribution in [2.45, 2.75) is 12.8 Å². The number of amides is 1. The molecule has 1 fully saturated rings. The molecule has 1 saturated heterocycles. The number of hydrogen-bond donors (Lipinski definition) is 1. The van der Waals surface area contributed by atoms with E-state index in [0.717, 1.165) is 37.1 Å².